The smallest absolute Gasteiger partial charge is 0.412 e. The lowest BCUT2D eigenvalue weighted by atomic mass is 10.2. The number of ether oxygens (including phenoxy) is 3. The Hall–Kier alpha value is -1.95. The van der Waals surface area contributed by atoms with Crippen molar-refractivity contribution in [1.82, 2.24) is 0 Å². The van der Waals surface area contributed by atoms with Gasteiger partial charge in [0.25, 0.3) is 0 Å². The van der Waals surface area contributed by atoms with E-state index in [0.29, 0.717) is 30.3 Å². The number of nitrogens with one attached hydrogen (secondary N) is 1. The Labute approximate surface area is 119 Å². The molecule has 0 spiro atoms. The molecule has 112 valence electrons. The molecule has 0 heterocycles. The van der Waals surface area contributed by atoms with Crippen LogP contribution in [-0.4, -0.2) is 32.0 Å². The number of methoxy groups -OCH3 is 1. The second-order valence-electron chi connectivity index (χ2n) is 5.13. The fourth-order valence-electron chi connectivity index (χ4n) is 1.45. The Bertz CT molecular complexity index is 455. The highest BCUT2D eigenvalue weighted by Gasteiger charge is 2.17. The molecule has 0 radical (unpaired) electrons. The Morgan fingerprint density at radius 2 is 2.05 bits per heavy atom. The molecule has 6 heteroatoms. The van der Waals surface area contributed by atoms with Gasteiger partial charge in [0.2, 0.25) is 0 Å². The molecule has 0 bridgehead atoms. The van der Waals surface area contributed by atoms with Crippen molar-refractivity contribution in [3.63, 3.8) is 0 Å². The molecule has 0 aliphatic rings. The fraction of sp³-hybridized carbons (Fsp3) is 0.500. The zero-order valence-corrected chi connectivity index (χ0v) is 12.4. The largest absolute Gasteiger partial charge is 0.494 e. The predicted octanol–water partition coefficient (Wildman–Crippen LogP) is 2.38. The van der Waals surface area contributed by atoms with E-state index in [1.807, 2.05) is 0 Å². The van der Waals surface area contributed by atoms with Gasteiger partial charge in [-0.05, 0) is 32.9 Å². The van der Waals surface area contributed by atoms with Gasteiger partial charge in [0.05, 0.1) is 12.8 Å². The maximum Gasteiger partial charge on any atom is 0.412 e. The minimum Gasteiger partial charge on any atom is -0.494 e. The van der Waals surface area contributed by atoms with Crippen LogP contribution in [0.4, 0.5) is 10.5 Å². The van der Waals surface area contributed by atoms with Crippen molar-refractivity contribution in [2.45, 2.75) is 26.4 Å². The number of carbonyl (C=O) groups is 1. The fourth-order valence-corrected chi connectivity index (χ4v) is 1.45. The van der Waals surface area contributed by atoms with Crippen LogP contribution in [0.25, 0.3) is 0 Å². The molecule has 0 aliphatic heterocycles. The maximum atomic E-state index is 11.7. The van der Waals surface area contributed by atoms with E-state index in [0.717, 1.165) is 0 Å². The van der Waals surface area contributed by atoms with E-state index in [9.17, 15) is 4.79 Å². The molecule has 0 aromatic heterocycles. The molecule has 6 nitrogen and oxygen atoms in total. The lowest BCUT2D eigenvalue weighted by molar-refractivity contribution is 0.0635. The van der Waals surface area contributed by atoms with Crippen molar-refractivity contribution in [1.29, 1.82) is 0 Å². The third-order valence-corrected chi connectivity index (χ3v) is 2.20. The van der Waals surface area contributed by atoms with E-state index in [1.54, 1.807) is 39.0 Å². The number of rotatable bonds is 5. The summed E-state index contributed by atoms with van der Waals surface area (Å²) >= 11 is 0. The van der Waals surface area contributed by atoms with Gasteiger partial charge in [-0.3, -0.25) is 5.32 Å². The molecule has 1 aromatic rings. The number of amides is 1. The Morgan fingerprint density at radius 1 is 1.35 bits per heavy atom. The maximum absolute atomic E-state index is 11.7. The SMILES string of the molecule is COc1cc(OCCN)ccc1NC(=O)OC(C)(C)C. The first kappa shape index (κ1) is 16.1. The highest BCUT2D eigenvalue weighted by molar-refractivity contribution is 5.87. The molecule has 0 aliphatic carbocycles. The average molecular weight is 282 g/mol. The number of anilines is 1. The zero-order chi connectivity index (χ0) is 15.2. The summed E-state index contributed by atoms with van der Waals surface area (Å²) in [5, 5.41) is 2.63. The minimum absolute atomic E-state index is 0.419. The average Bonchev–Trinajstić information content (AvgIpc) is 2.35. The summed E-state index contributed by atoms with van der Waals surface area (Å²) in [5.74, 6) is 1.12. The lowest BCUT2D eigenvalue weighted by Gasteiger charge is -2.20. The van der Waals surface area contributed by atoms with Crippen molar-refractivity contribution in [2.24, 2.45) is 5.73 Å². The second-order valence-corrected chi connectivity index (χ2v) is 5.13. The van der Waals surface area contributed by atoms with Gasteiger partial charge < -0.3 is 19.9 Å². The molecule has 0 saturated heterocycles. The van der Waals surface area contributed by atoms with Crippen molar-refractivity contribution in [3.8, 4) is 11.5 Å². The highest BCUT2D eigenvalue weighted by atomic mass is 16.6. The number of benzene rings is 1. The molecule has 3 N–H and O–H groups in total. The van der Waals surface area contributed by atoms with Gasteiger partial charge in [-0.1, -0.05) is 0 Å². The van der Waals surface area contributed by atoms with Crippen LogP contribution < -0.4 is 20.5 Å². The first-order chi connectivity index (χ1) is 9.35. The molecular formula is C14H22N2O4. The van der Waals surface area contributed by atoms with Crippen molar-refractivity contribution in [3.05, 3.63) is 18.2 Å². The summed E-state index contributed by atoms with van der Waals surface area (Å²) in [6.07, 6.45) is -0.536. The summed E-state index contributed by atoms with van der Waals surface area (Å²) in [6, 6.07) is 5.10. The van der Waals surface area contributed by atoms with Gasteiger partial charge in [-0.15, -0.1) is 0 Å². The molecule has 0 atom stereocenters. The van der Waals surface area contributed by atoms with Gasteiger partial charge in [-0.25, -0.2) is 4.79 Å². The summed E-state index contributed by atoms with van der Waals surface area (Å²) < 4.78 is 15.8. The molecular weight excluding hydrogens is 260 g/mol. The standard InChI is InChI=1S/C14H22N2O4/c1-14(2,3)20-13(17)16-11-6-5-10(19-8-7-15)9-12(11)18-4/h5-6,9H,7-8,15H2,1-4H3,(H,16,17). The van der Waals surface area contributed by atoms with Crippen LogP contribution >= 0.6 is 0 Å². The second kappa shape index (κ2) is 7.00. The van der Waals surface area contributed by atoms with Crippen molar-refractivity contribution in [2.75, 3.05) is 25.6 Å². The van der Waals surface area contributed by atoms with Crippen LogP contribution in [0.5, 0.6) is 11.5 Å². The first-order valence-corrected chi connectivity index (χ1v) is 6.36. The molecule has 0 fully saturated rings. The third-order valence-electron chi connectivity index (χ3n) is 2.20. The van der Waals surface area contributed by atoms with Crippen LogP contribution in [0, 0.1) is 0 Å². The van der Waals surface area contributed by atoms with Crippen LogP contribution in [0.3, 0.4) is 0 Å². The van der Waals surface area contributed by atoms with Crippen LogP contribution in [0.2, 0.25) is 0 Å². The number of nitrogens with two attached hydrogens (primary N) is 1. The first-order valence-electron chi connectivity index (χ1n) is 6.36. The Morgan fingerprint density at radius 3 is 2.60 bits per heavy atom. The summed E-state index contributed by atoms with van der Waals surface area (Å²) in [5.41, 5.74) is 5.33. The van der Waals surface area contributed by atoms with Crippen LogP contribution in [0.1, 0.15) is 20.8 Å². The van der Waals surface area contributed by atoms with E-state index < -0.39 is 11.7 Å². The topological polar surface area (TPSA) is 82.8 Å². The Balaban J connectivity index is 2.77. The normalized spacial score (nSPS) is 10.8. The Kier molecular flexibility index (Phi) is 5.64. The summed E-state index contributed by atoms with van der Waals surface area (Å²) in [6.45, 7) is 6.25. The van der Waals surface area contributed by atoms with Gasteiger partial charge in [-0.2, -0.15) is 0 Å². The summed E-state index contributed by atoms with van der Waals surface area (Å²) in [7, 11) is 1.52. The number of hydrogen-bond donors (Lipinski definition) is 2. The third kappa shape index (κ3) is 5.36. The minimum atomic E-state index is -0.554. The van der Waals surface area contributed by atoms with Gasteiger partial charge in [0.15, 0.2) is 0 Å². The predicted molar refractivity (Wildman–Crippen MR) is 77.4 cm³/mol. The molecule has 0 saturated carbocycles. The molecule has 0 unspecified atom stereocenters. The number of hydrogen-bond acceptors (Lipinski definition) is 5. The van der Waals surface area contributed by atoms with Gasteiger partial charge in [0, 0.05) is 12.6 Å². The molecule has 1 amide bonds. The van der Waals surface area contributed by atoms with E-state index in [1.165, 1.54) is 7.11 Å². The molecule has 1 rings (SSSR count). The number of carbonyl (C=O) groups excluding carboxylic acids is 1. The van der Waals surface area contributed by atoms with E-state index in [-0.39, 0.29) is 0 Å². The van der Waals surface area contributed by atoms with Crippen molar-refractivity contribution >= 4 is 11.8 Å². The van der Waals surface area contributed by atoms with Gasteiger partial charge >= 0.3 is 6.09 Å². The van der Waals surface area contributed by atoms with E-state index >= 15 is 0 Å². The lowest BCUT2D eigenvalue weighted by Crippen LogP contribution is -2.27. The molecule has 20 heavy (non-hydrogen) atoms. The van der Waals surface area contributed by atoms with Crippen LogP contribution in [0.15, 0.2) is 18.2 Å². The zero-order valence-electron chi connectivity index (χ0n) is 12.4. The van der Waals surface area contributed by atoms with Crippen LogP contribution in [-0.2, 0) is 4.74 Å². The highest BCUT2D eigenvalue weighted by Crippen LogP contribution is 2.29. The van der Waals surface area contributed by atoms with Crippen molar-refractivity contribution < 1.29 is 19.0 Å². The quantitative estimate of drug-likeness (QED) is 0.866. The van der Waals surface area contributed by atoms with E-state index in [4.69, 9.17) is 19.9 Å². The monoisotopic (exact) mass is 282 g/mol. The van der Waals surface area contributed by atoms with Gasteiger partial charge in [0.1, 0.15) is 23.7 Å². The summed E-state index contributed by atoms with van der Waals surface area (Å²) in [4.78, 5) is 11.7. The van der Waals surface area contributed by atoms with E-state index in [2.05, 4.69) is 5.32 Å². The molecule has 1 aromatic carbocycles.